The maximum Gasteiger partial charge on any atom is 0.239 e. The van der Waals surface area contributed by atoms with Crippen LogP contribution in [-0.2, 0) is 4.79 Å². The van der Waals surface area contributed by atoms with Crippen LogP contribution >= 0.6 is 11.8 Å². The van der Waals surface area contributed by atoms with E-state index in [9.17, 15) is 4.79 Å². The summed E-state index contributed by atoms with van der Waals surface area (Å²) in [6, 6.07) is 0. The second-order valence-corrected chi connectivity index (χ2v) is 6.37. The smallest absolute Gasteiger partial charge is 0.239 e. The van der Waals surface area contributed by atoms with Crippen molar-refractivity contribution >= 4 is 22.8 Å². The van der Waals surface area contributed by atoms with E-state index >= 15 is 0 Å². The first-order valence-electron chi connectivity index (χ1n) is 5.74. The molecular weight excluding hydrogens is 208 g/mol. The van der Waals surface area contributed by atoms with Gasteiger partial charge in [0.2, 0.25) is 5.91 Å². The fraction of sp³-hybridized carbons (Fsp3) is 0.818. The summed E-state index contributed by atoms with van der Waals surface area (Å²) in [6.45, 7) is 1.94. The SMILES string of the molecule is CC1SC(=NC23CCC(CC2)C3)NC1=O. The summed E-state index contributed by atoms with van der Waals surface area (Å²) >= 11 is 1.58. The molecule has 3 nitrogen and oxygen atoms in total. The topological polar surface area (TPSA) is 41.5 Å². The Labute approximate surface area is 94.1 Å². The number of nitrogens with one attached hydrogen (secondary N) is 1. The Kier molecular flexibility index (Phi) is 2.09. The molecule has 3 aliphatic rings. The minimum Gasteiger partial charge on any atom is -0.304 e. The highest BCUT2D eigenvalue weighted by atomic mass is 32.2. The van der Waals surface area contributed by atoms with Gasteiger partial charge in [0.25, 0.3) is 0 Å². The second-order valence-electron chi connectivity index (χ2n) is 5.04. The van der Waals surface area contributed by atoms with E-state index in [2.05, 4.69) is 5.32 Å². The Hall–Kier alpha value is -0.510. The number of amidine groups is 1. The molecule has 1 unspecified atom stereocenters. The molecule has 0 spiro atoms. The van der Waals surface area contributed by atoms with Crippen molar-refractivity contribution in [3.8, 4) is 0 Å². The molecule has 1 amide bonds. The highest BCUT2D eigenvalue weighted by Crippen LogP contribution is 2.50. The summed E-state index contributed by atoms with van der Waals surface area (Å²) in [5.41, 5.74) is 0.199. The molecule has 15 heavy (non-hydrogen) atoms. The van der Waals surface area contributed by atoms with Crippen LogP contribution in [0.15, 0.2) is 4.99 Å². The van der Waals surface area contributed by atoms with E-state index in [0.29, 0.717) is 0 Å². The zero-order valence-corrected chi connectivity index (χ0v) is 9.77. The van der Waals surface area contributed by atoms with E-state index < -0.39 is 0 Å². The van der Waals surface area contributed by atoms with Gasteiger partial charge in [-0.1, -0.05) is 11.8 Å². The van der Waals surface area contributed by atoms with Crippen molar-refractivity contribution in [3.05, 3.63) is 0 Å². The Balaban J connectivity index is 1.79. The molecule has 4 heteroatoms. The van der Waals surface area contributed by atoms with Gasteiger partial charge in [-0.2, -0.15) is 0 Å². The van der Waals surface area contributed by atoms with Gasteiger partial charge in [-0.05, 0) is 44.9 Å². The standard InChI is InChI=1S/C11H16N2OS/c1-7-9(14)12-10(15-7)13-11-4-2-8(6-11)3-5-11/h7-8H,2-6H2,1H3,(H,12,13,14). The molecule has 3 rings (SSSR count). The lowest BCUT2D eigenvalue weighted by Crippen LogP contribution is -2.27. The average molecular weight is 224 g/mol. The molecule has 82 valence electrons. The van der Waals surface area contributed by atoms with Gasteiger partial charge in [0, 0.05) is 0 Å². The number of nitrogens with zero attached hydrogens (tertiary/aromatic N) is 1. The van der Waals surface area contributed by atoms with Gasteiger partial charge < -0.3 is 5.32 Å². The van der Waals surface area contributed by atoms with Gasteiger partial charge in [-0.25, -0.2) is 0 Å². The summed E-state index contributed by atoms with van der Waals surface area (Å²) in [4.78, 5) is 16.2. The summed E-state index contributed by atoms with van der Waals surface area (Å²) in [5, 5.41) is 3.79. The van der Waals surface area contributed by atoms with E-state index in [0.717, 1.165) is 11.1 Å². The minimum atomic E-state index is 0.0405. The number of hydrogen-bond donors (Lipinski definition) is 1. The first-order valence-corrected chi connectivity index (χ1v) is 6.62. The van der Waals surface area contributed by atoms with Crippen molar-refractivity contribution < 1.29 is 4.79 Å². The van der Waals surface area contributed by atoms with Crippen LogP contribution in [0.1, 0.15) is 39.0 Å². The monoisotopic (exact) mass is 224 g/mol. The number of fused-ring (bicyclic) bond motifs is 2. The predicted molar refractivity (Wildman–Crippen MR) is 61.9 cm³/mol. The first kappa shape index (κ1) is 9.70. The van der Waals surface area contributed by atoms with Crippen LogP contribution in [-0.4, -0.2) is 21.9 Å². The van der Waals surface area contributed by atoms with Crippen molar-refractivity contribution in [2.24, 2.45) is 10.9 Å². The number of thioether (sulfide) groups is 1. The molecule has 3 fully saturated rings. The van der Waals surface area contributed by atoms with E-state index in [1.807, 2.05) is 6.92 Å². The van der Waals surface area contributed by atoms with E-state index in [4.69, 9.17) is 4.99 Å². The molecule has 2 aliphatic carbocycles. The predicted octanol–water partition coefficient (Wildman–Crippen LogP) is 1.93. The molecule has 0 aromatic heterocycles. The van der Waals surface area contributed by atoms with Crippen molar-refractivity contribution in [3.63, 3.8) is 0 Å². The summed E-state index contributed by atoms with van der Waals surface area (Å²) in [7, 11) is 0. The molecule has 2 saturated carbocycles. The maximum atomic E-state index is 11.3. The van der Waals surface area contributed by atoms with Crippen molar-refractivity contribution in [2.45, 2.75) is 49.8 Å². The van der Waals surface area contributed by atoms with Crippen molar-refractivity contribution in [2.75, 3.05) is 0 Å². The van der Waals surface area contributed by atoms with Crippen LogP contribution in [0.25, 0.3) is 0 Å². The van der Waals surface area contributed by atoms with Gasteiger partial charge >= 0.3 is 0 Å². The zero-order valence-electron chi connectivity index (χ0n) is 8.95. The molecular formula is C11H16N2OS. The number of rotatable bonds is 1. The molecule has 1 heterocycles. The molecule has 1 N–H and O–H groups in total. The lowest BCUT2D eigenvalue weighted by atomic mass is 9.95. The number of carbonyl (C=O) groups excluding carboxylic acids is 1. The molecule has 1 saturated heterocycles. The Morgan fingerprint density at radius 2 is 2.20 bits per heavy atom. The van der Waals surface area contributed by atoms with E-state index in [-0.39, 0.29) is 16.7 Å². The highest BCUT2D eigenvalue weighted by molar-refractivity contribution is 8.15. The van der Waals surface area contributed by atoms with Crippen LogP contribution in [0, 0.1) is 5.92 Å². The molecule has 1 aliphatic heterocycles. The van der Waals surface area contributed by atoms with Crippen LogP contribution in [0.4, 0.5) is 0 Å². The van der Waals surface area contributed by atoms with Gasteiger partial charge in [0.05, 0.1) is 10.8 Å². The Morgan fingerprint density at radius 1 is 1.47 bits per heavy atom. The molecule has 1 atom stereocenters. The number of carbonyl (C=O) groups is 1. The zero-order chi connectivity index (χ0) is 10.5. The maximum absolute atomic E-state index is 11.3. The average Bonchev–Trinajstić information content (AvgIpc) is 2.83. The van der Waals surface area contributed by atoms with E-state index in [1.54, 1.807) is 11.8 Å². The van der Waals surface area contributed by atoms with Crippen LogP contribution in [0.3, 0.4) is 0 Å². The van der Waals surface area contributed by atoms with Crippen molar-refractivity contribution in [1.82, 2.24) is 5.32 Å². The summed E-state index contributed by atoms with van der Waals surface area (Å²) in [5.74, 6) is 1.02. The Bertz CT molecular complexity index is 331. The third-order valence-electron chi connectivity index (χ3n) is 3.93. The van der Waals surface area contributed by atoms with Gasteiger partial charge in [0.15, 0.2) is 5.17 Å². The lowest BCUT2D eigenvalue weighted by molar-refractivity contribution is -0.118. The molecule has 0 aromatic rings. The number of hydrogen-bond acceptors (Lipinski definition) is 3. The van der Waals surface area contributed by atoms with Crippen LogP contribution < -0.4 is 5.32 Å². The third kappa shape index (κ3) is 1.59. The minimum absolute atomic E-state index is 0.0405. The lowest BCUT2D eigenvalue weighted by Gasteiger charge is -2.21. The quantitative estimate of drug-likeness (QED) is 0.739. The van der Waals surface area contributed by atoms with E-state index in [1.165, 1.54) is 32.1 Å². The van der Waals surface area contributed by atoms with Gasteiger partial charge in [-0.15, -0.1) is 0 Å². The fourth-order valence-electron chi connectivity index (χ4n) is 3.05. The van der Waals surface area contributed by atoms with Crippen LogP contribution in [0.5, 0.6) is 0 Å². The molecule has 0 aromatic carbocycles. The largest absolute Gasteiger partial charge is 0.304 e. The van der Waals surface area contributed by atoms with Gasteiger partial charge in [0.1, 0.15) is 0 Å². The third-order valence-corrected chi connectivity index (χ3v) is 4.92. The summed E-state index contributed by atoms with van der Waals surface area (Å²) in [6.07, 6.45) is 6.38. The summed E-state index contributed by atoms with van der Waals surface area (Å²) < 4.78 is 0. The Morgan fingerprint density at radius 3 is 2.67 bits per heavy atom. The normalized spacial score (nSPS) is 46.5. The van der Waals surface area contributed by atoms with Gasteiger partial charge in [-0.3, -0.25) is 9.79 Å². The highest BCUT2D eigenvalue weighted by Gasteiger charge is 2.45. The fourth-order valence-corrected chi connectivity index (χ4v) is 3.95. The second kappa shape index (κ2) is 3.24. The molecule has 2 bridgehead atoms. The van der Waals surface area contributed by atoms with Crippen LogP contribution in [0.2, 0.25) is 0 Å². The van der Waals surface area contributed by atoms with Crippen molar-refractivity contribution in [1.29, 1.82) is 0 Å². The molecule has 0 radical (unpaired) electrons. The first-order chi connectivity index (χ1) is 7.17. The number of amides is 1. The number of aliphatic imine (C=N–C) groups is 1.